The van der Waals surface area contributed by atoms with Gasteiger partial charge in [0, 0.05) is 11.0 Å². The minimum Gasteiger partial charge on any atom is -0.317 e. The van der Waals surface area contributed by atoms with Crippen molar-refractivity contribution in [3.05, 3.63) is 34.3 Å². The van der Waals surface area contributed by atoms with E-state index in [1.165, 1.54) is 48.9 Å². The van der Waals surface area contributed by atoms with E-state index in [0.717, 1.165) is 12.5 Å². The Morgan fingerprint density at radius 2 is 2.05 bits per heavy atom. The van der Waals surface area contributed by atoms with E-state index in [4.69, 9.17) is 0 Å². The highest BCUT2D eigenvalue weighted by atomic mass is 79.9. The van der Waals surface area contributed by atoms with Gasteiger partial charge >= 0.3 is 0 Å². The summed E-state index contributed by atoms with van der Waals surface area (Å²) in [4.78, 5) is 2.43. The van der Waals surface area contributed by atoms with Crippen LogP contribution in [0.5, 0.6) is 0 Å². The second-order valence-electron chi connectivity index (χ2n) is 5.35. The summed E-state index contributed by atoms with van der Waals surface area (Å²) >= 11 is 3.53. The van der Waals surface area contributed by atoms with Crippen LogP contribution < -0.4 is 5.32 Å². The molecule has 0 spiro atoms. The van der Waals surface area contributed by atoms with Gasteiger partial charge in [-0.2, -0.15) is 0 Å². The van der Waals surface area contributed by atoms with E-state index in [1.807, 2.05) is 0 Å². The first-order valence-electron chi connectivity index (χ1n) is 6.88. The smallest absolute Gasteiger partial charge is 0.0231 e. The van der Waals surface area contributed by atoms with Crippen LogP contribution in [0.25, 0.3) is 0 Å². The third-order valence-electron chi connectivity index (χ3n) is 3.72. The number of nitrogens with one attached hydrogen (secondary N) is 1. The Morgan fingerprint density at radius 1 is 1.32 bits per heavy atom. The fourth-order valence-corrected chi connectivity index (χ4v) is 3.05. The van der Waals surface area contributed by atoms with Crippen molar-refractivity contribution in [2.45, 2.75) is 25.8 Å². The molecule has 1 aromatic carbocycles. The quantitative estimate of drug-likeness (QED) is 0.874. The van der Waals surface area contributed by atoms with Crippen LogP contribution in [0.1, 0.15) is 24.8 Å². The molecule has 0 aliphatic carbocycles. The third-order valence-corrected chi connectivity index (χ3v) is 4.21. The topological polar surface area (TPSA) is 15.3 Å². The molecule has 1 fully saturated rings. The number of nitrogens with zero attached hydrogens (tertiary/aromatic N) is 1. The molecule has 0 radical (unpaired) electrons. The van der Waals surface area contributed by atoms with Gasteiger partial charge in [-0.25, -0.2) is 0 Å². The summed E-state index contributed by atoms with van der Waals surface area (Å²) in [6.45, 7) is 4.67. The lowest BCUT2D eigenvalue weighted by Gasteiger charge is -2.25. The SMILES string of the molecule is CN(CCC1CCNCC1)Cc1cccc(Br)c1.Cl. The van der Waals surface area contributed by atoms with Crippen LogP contribution in [0.3, 0.4) is 0 Å². The van der Waals surface area contributed by atoms with Crippen molar-refractivity contribution < 1.29 is 0 Å². The number of hydrogen-bond acceptors (Lipinski definition) is 2. The lowest BCUT2D eigenvalue weighted by Crippen LogP contribution is -2.30. The molecular formula is C15H24BrClN2. The molecule has 19 heavy (non-hydrogen) atoms. The molecule has 0 unspecified atom stereocenters. The van der Waals surface area contributed by atoms with Gasteiger partial charge < -0.3 is 10.2 Å². The van der Waals surface area contributed by atoms with Crippen molar-refractivity contribution in [3.8, 4) is 0 Å². The lowest BCUT2D eigenvalue weighted by molar-refractivity contribution is 0.266. The largest absolute Gasteiger partial charge is 0.317 e. The maximum Gasteiger partial charge on any atom is 0.0231 e. The monoisotopic (exact) mass is 346 g/mol. The third kappa shape index (κ3) is 6.26. The summed E-state index contributed by atoms with van der Waals surface area (Å²) in [5, 5.41) is 3.43. The van der Waals surface area contributed by atoms with Gasteiger partial charge in [-0.05, 0) is 69.6 Å². The number of piperidine rings is 1. The molecule has 2 nitrogen and oxygen atoms in total. The molecule has 108 valence electrons. The Labute approximate surface area is 131 Å². The second-order valence-corrected chi connectivity index (χ2v) is 6.27. The Balaban J connectivity index is 0.00000180. The molecule has 1 aliphatic heterocycles. The Bertz CT molecular complexity index is 367. The van der Waals surface area contributed by atoms with Crippen molar-refractivity contribution in [2.24, 2.45) is 5.92 Å². The van der Waals surface area contributed by atoms with Crippen LogP contribution >= 0.6 is 28.3 Å². The van der Waals surface area contributed by atoms with E-state index < -0.39 is 0 Å². The molecule has 0 atom stereocenters. The Hall–Kier alpha value is -0.0900. The average Bonchev–Trinajstić information content (AvgIpc) is 2.38. The van der Waals surface area contributed by atoms with Gasteiger partial charge in [-0.15, -0.1) is 12.4 Å². The Kier molecular flexibility index (Phi) is 8.00. The number of hydrogen-bond donors (Lipinski definition) is 1. The summed E-state index contributed by atoms with van der Waals surface area (Å²) in [6, 6.07) is 8.60. The van der Waals surface area contributed by atoms with Gasteiger partial charge in [0.1, 0.15) is 0 Å². The molecular weight excluding hydrogens is 324 g/mol. The first-order chi connectivity index (χ1) is 8.74. The number of halogens is 2. The van der Waals surface area contributed by atoms with E-state index in [-0.39, 0.29) is 12.4 Å². The van der Waals surface area contributed by atoms with E-state index in [2.05, 4.69) is 57.5 Å². The summed E-state index contributed by atoms with van der Waals surface area (Å²) in [7, 11) is 2.22. The predicted molar refractivity (Wildman–Crippen MR) is 87.9 cm³/mol. The second kappa shape index (κ2) is 8.96. The van der Waals surface area contributed by atoms with Gasteiger partial charge in [-0.3, -0.25) is 0 Å². The summed E-state index contributed by atoms with van der Waals surface area (Å²) < 4.78 is 1.17. The maximum absolute atomic E-state index is 3.53. The summed E-state index contributed by atoms with van der Waals surface area (Å²) in [5.41, 5.74) is 1.39. The minimum atomic E-state index is 0. The molecule has 1 saturated heterocycles. The molecule has 2 rings (SSSR count). The molecule has 1 aromatic rings. The van der Waals surface area contributed by atoms with Gasteiger partial charge in [0.25, 0.3) is 0 Å². The van der Waals surface area contributed by atoms with E-state index >= 15 is 0 Å². The van der Waals surface area contributed by atoms with Gasteiger partial charge in [0.15, 0.2) is 0 Å². The normalized spacial score (nSPS) is 16.4. The van der Waals surface area contributed by atoms with Gasteiger partial charge in [-0.1, -0.05) is 28.1 Å². The van der Waals surface area contributed by atoms with Crippen LogP contribution in [-0.4, -0.2) is 31.6 Å². The molecule has 0 saturated carbocycles. The van der Waals surface area contributed by atoms with Crippen LogP contribution in [0, 0.1) is 5.92 Å². The zero-order valence-corrected chi connectivity index (χ0v) is 14.0. The molecule has 0 bridgehead atoms. The lowest BCUT2D eigenvalue weighted by atomic mass is 9.94. The first kappa shape index (κ1) is 17.0. The van der Waals surface area contributed by atoms with Crippen molar-refractivity contribution >= 4 is 28.3 Å². The molecule has 1 heterocycles. The van der Waals surface area contributed by atoms with E-state index in [0.29, 0.717) is 0 Å². The van der Waals surface area contributed by atoms with Crippen molar-refractivity contribution in [2.75, 3.05) is 26.7 Å². The van der Waals surface area contributed by atoms with Crippen molar-refractivity contribution in [1.29, 1.82) is 0 Å². The highest BCUT2D eigenvalue weighted by Gasteiger charge is 2.13. The first-order valence-corrected chi connectivity index (χ1v) is 7.67. The van der Waals surface area contributed by atoms with Crippen LogP contribution in [-0.2, 0) is 6.54 Å². The maximum atomic E-state index is 3.53. The van der Waals surface area contributed by atoms with Crippen LogP contribution in [0.15, 0.2) is 28.7 Å². The fraction of sp³-hybridized carbons (Fsp3) is 0.600. The highest BCUT2D eigenvalue weighted by Crippen LogP contribution is 2.17. The number of benzene rings is 1. The van der Waals surface area contributed by atoms with E-state index in [1.54, 1.807) is 0 Å². The minimum absolute atomic E-state index is 0. The molecule has 0 amide bonds. The zero-order chi connectivity index (χ0) is 12.8. The molecule has 4 heteroatoms. The standard InChI is InChI=1S/C15H23BrN2.ClH/c1-18(10-7-13-5-8-17-9-6-13)12-14-3-2-4-15(16)11-14;/h2-4,11,13,17H,5-10,12H2,1H3;1H. The van der Waals surface area contributed by atoms with Gasteiger partial charge in [0.05, 0.1) is 0 Å². The molecule has 1 aliphatic rings. The average molecular weight is 348 g/mol. The molecule has 0 aromatic heterocycles. The fourth-order valence-electron chi connectivity index (χ4n) is 2.60. The molecule has 1 N–H and O–H groups in total. The summed E-state index contributed by atoms with van der Waals surface area (Å²) in [6.07, 6.45) is 4.04. The van der Waals surface area contributed by atoms with Crippen molar-refractivity contribution in [1.82, 2.24) is 10.2 Å². The van der Waals surface area contributed by atoms with E-state index in [9.17, 15) is 0 Å². The number of rotatable bonds is 5. The zero-order valence-electron chi connectivity index (χ0n) is 11.6. The Morgan fingerprint density at radius 3 is 2.74 bits per heavy atom. The van der Waals surface area contributed by atoms with Crippen LogP contribution in [0.4, 0.5) is 0 Å². The highest BCUT2D eigenvalue weighted by molar-refractivity contribution is 9.10. The van der Waals surface area contributed by atoms with Crippen LogP contribution in [0.2, 0.25) is 0 Å². The van der Waals surface area contributed by atoms with Crippen molar-refractivity contribution in [3.63, 3.8) is 0 Å². The van der Waals surface area contributed by atoms with Gasteiger partial charge in [0.2, 0.25) is 0 Å². The summed E-state index contributed by atoms with van der Waals surface area (Å²) in [5.74, 6) is 0.927. The predicted octanol–water partition coefficient (Wildman–Crippen LogP) is 3.69.